The summed E-state index contributed by atoms with van der Waals surface area (Å²) in [4.78, 5) is 9.02. The van der Waals surface area contributed by atoms with Crippen molar-refractivity contribution in [1.82, 2.24) is 20.2 Å². The Morgan fingerprint density at radius 1 is 1.10 bits per heavy atom. The number of rotatable bonds is 8. The van der Waals surface area contributed by atoms with Gasteiger partial charge in [-0.25, -0.2) is 9.98 Å². The van der Waals surface area contributed by atoms with Crippen LogP contribution in [0, 0.1) is 6.92 Å². The van der Waals surface area contributed by atoms with Crippen molar-refractivity contribution in [2.24, 2.45) is 4.99 Å². The van der Waals surface area contributed by atoms with Crippen LogP contribution in [0.5, 0.6) is 0 Å². The fourth-order valence-electron chi connectivity index (χ4n) is 3.12. The molecule has 0 unspecified atom stereocenters. The summed E-state index contributed by atoms with van der Waals surface area (Å²) in [6, 6.07) is 16.5. The lowest BCUT2D eigenvalue weighted by Crippen LogP contribution is -2.38. The summed E-state index contributed by atoms with van der Waals surface area (Å²) in [6.45, 7) is 7.12. The van der Waals surface area contributed by atoms with Crippen molar-refractivity contribution in [3.05, 3.63) is 88.5 Å². The molecule has 0 amide bonds. The van der Waals surface area contributed by atoms with Crippen LogP contribution in [0.2, 0.25) is 5.02 Å². The van der Waals surface area contributed by atoms with Crippen molar-refractivity contribution >= 4 is 41.5 Å². The van der Waals surface area contributed by atoms with Crippen LogP contribution in [0.4, 0.5) is 0 Å². The van der Waals surface area contributed by atoms with Crippen LogP contribution >= 0.6 is 35.6 Å². The predicted octanol–water partition coefficient (Wildman–Crippen LogP) is 4.81. The molecule has 2 aromatic carbocycles. The van der Waals surface area contributed by atoms with E-state index in [0.717, 1.165) is 48.4 Å². The Labute approximate surface area is 201 Å². The van der Waals surface area contributed by atoms with Crippen molar-refractivity contribution in [3.8, 4) is 0 Å². The van der Waals surface area contributed by atoms with Gasteiger partial charge in [-0.05, 0) is 43.0 Å². The van der Waals surface area contributed by atoms with Gasteiger partial charge in [0.25, 0.3) is 0 Å². The van der Waals surface area contributed by atoms with Gasteiger partial charge in [-0.3, -0.25) is 0 Å². The summed E-state index contributed by atoms with van der Waals surface area (Å²) in [5.41, 5.74) is 3.57. The van der Waals surface area contributed by atoms with Gasteiger partial charge in [-0.1, -0.05) is 54.1 Å². The van der Waals surface area contributed by atoms with Crippen molar-refractivity contribution in [2.75, 3.05) is 13.1 Å². The lowest BCUT2D eigenvalue weighted by atomic mass is 10.1. The molecule has 0 spiro atoms. The van der Waals surface area contributed by atoms with Gasteiger partial charge in [-0.2, -0.15) is 0 Å². The third-order valence-electron chi connectivity index (χ3n) is 4.68. The molecule has 0 saturated carbocycles. The Kier molecular flexibility index (Phi) is 10.2. The molecule has 0 aliphatic rings. The van der Waals surface area contributed by atoms with E-state index in [1.165, 1.54) is 11.1 Å². The number of guanidine groups is 1. The summed E-state index contributed by atoms with van der Waals surface area (Å²) >= 11 is 6.24. The first-order valence-electron chi connectivity index (χ1n) is 9.97. The molecule has 160 valence electrons. The van der Waals surface area contributed by atoms with Crippen molar-refractivity contribution in [1.29, 1.82) is 0 Å². The SMILES string of the molecule is CCNC(=NCc1cccc(Cn2ccnc2C)c1)NCCc1ccccc1Cl.I. The zero-order valence-corrected chi connectivity index (χ0v) is 20.5. The molecule has 3 rings (SSSR count). The normalized spacial score (nSPS) is 11.1. The third-order valence-corrected chi connectivity index (χ3v) is 5.05. The van der Waals surface area contributed by atoms with E-state index in [-0.39, 0.29) is 24.0 Å². The number of nitrogens with zero attached hydrogens (tertiary/aromatic N) is 3. The van der Waals surface area contributed by atoms with E-state index in [1.54, 1.807) is 0 Å². The van der Waals surface area contributed by atoms with E-state index in [4.69, 9.17) is 16.6 Å². The van der Waals surface area contributed by atoms with E-state index in [1.807, 2.05) is 37.5 Å². The monoisotopic (exact) mass is 537 g/mol. The molecule has 0 bridgehead atoms. The van der Waals surface area contributed by atoms with Gasteiger partial charge >= 0.3 is 0 Å². The highest BCUT2D eigenvalue weighted by molar-refractivity contribution is 14.0. The fourth-order valence-corrected chi connectivity index (χ4v) is 3.35. The zero-order valence-electron chi connectivity index (χ0n) is 17.4. The molecule has 7 heteroatoms. The fraction of sp³-hybridized carbons (Fsp3) is 0.304. The Balaban J connectivity index is 0.00000320. The van der Waals surface area contributed by atoms with Crippen molar-refractivity contribution in [3.63, 3.8) is 0 Å². The molecule has 0 saturated heterocycles. The molecule has 0 atom stereocenters. The largest absolute Gasteiger partial charge is 0.357 e. The number of benzene rings is 2. The number of aryl methyl sites for hydroxylation is 1. The van der Waals surface area contributed by atoms with E-state index in [0.29, 0.717) is 6.54 Å². The Bertz CT molecular complexity index is 954. The third kappa shape index (κ3) is 7.32. The topological polar surface area (TPSA) is 54.2 Å². The molecule has 0 aliphatic carbocycles. The van der Waals surface area contributed by atoms with E-state index >= 15 is 0 Å². The van der Waals surface area contributed by atoms with Crippen LogP contribution in [-0.4, -0.2) is 28.6 Å². The number of halogens is 2. The number of aliphatic imine (C=N–C) groups is 1. The number of hydrogen-bond acceptors (Lipinski definition) is 2. The Morgan fingerprint density at radius 2 is 1.90 bits per heavy atom. The summed E-state index contributed by atoms with van der Waals surface area (Å²) in [7, 11) is 0. The zero-order chi connectivity index (χ0) is 20.5. The van der Waals surface area contributed by atoms with Gasteiger partial charge in [-0.15, -0.1) is 24.0 Å². The van der Waals surface area contributed by atoms with Crippen LogP contribution in [0.3, 0.4) is 0 Å². The summed E-state index contributed by atoms with van der Waals surface area (Å²) < 4.78 is 2.14. The highest BCUT2D eigenvalue weighted by Gasteiger charge is 2.03. The minimum atomic E-state index is 0. The lowest BCUT2D eigenvalue weighted by Gasteiger charge is -2.12. The standard InChI is InChI=1S/C23H28ClN5.HI/c1-3-25-23(27-12-11-21-9-4-5-10-22(21)24)28-16-19-7-6-8-20(15-19)17-29-14-13-26-18(29)2;/h4-10,13-15H,3,11-12,16-17H2,1-2H3,(H2,25,27,28);1H. The van der Waals surface area contributed by atoms with Crippen LogP contribution in [-0.2, 0) is 19.5 Å². The molecule has 0 aliphatic heterocycles. The molecular weight excluding hydrogens is 509 g/mol. The average Bonchev–Trinajstić information content (AvgIpc) is 3.12. The second-order valence-corrected chi connectivity index (χ2v) is 7.29. The van der Waals surface area contributed by atoms with Gasteiger partial charge in [0.2, 0.25) is 0 Å². The second-order valence-electron chi connectivity index (χ2n) is 6.89. The molecule has 5 nitrogen and oxygen atoms in total. The molecule has 0 fully saturated rings. The lowest BCUT2D eigenvalue weighted by molar-refractivity contribution is 0.760. The number of nitrogens with one attached hydrogen (secondary N) is 2. The van der Waals surface area contributed by atoms with E-state index in [2.05, 4.69) is 57.4 Å². The quantitative estimate of drug-likeness (QED) is 0.246. The van der Waals surface area contributed by atoms with Crippen LogP contribution in [0.15, 0.2) is 65.9 Å². The smallest absolute Gasteiger partial charge is 0.191 e. The van der Waals surface area contributed by atoms with Crippen LogP contribution in [0.25, 0.3) is 0 Å². The first kappa shape index (κ1) is 24.2. The van der Waals surface area contributed by atoms with Crippen LogP contribution < -0.4 is 10.6 Å². The number of imidazole rings is 1. The van der Waals surface area contributed by atoms with Gasteiger partial charge in [0, 0.05) is 37.1 Å². The Morgan fingerprint density at radius 3 is 2.63 bits per heavy atom. The van der Waals surface area contributed by atoms with Gasteiger partial charge in [0.15, 0.2) is 5.96 Å². The van der Waals surface area contributed by atoms with Crippen LogP contribution in [0.1, 0.15) is 29.4 Å². The molecule has 0 radical (unpaired) electrons. The highest BCUT2D eigenvalue weighted by Crippen LogP contribution is 2.15. The maximum absolute atomic E-state index is 6.24. The molecule has 1 aromatic heterocycles. The number of aromatic nitrogens is 2. The molecule has 2 N–H and O–H groups in total. The maximum atomic E-state index is 6.24. The van der Waals surface area contributed by atoms with Gasteiger partial charge in [0.1, 0.15) is 5.82 Å². The Hall–Kier alpha value is -2.06. The summed E-state index contributed by atoms with van der Waals surface area (Å²) in [5.74, 6) is 1.83. The minimum absolute atomic E-state index is 0. The van der Waals surface area contributed by atoms with Gasteiger partial charge in [0.05, 0.1) is 6.54 Å². The number of hydrogen-bond donors (Lipinski definition) is 2. The van der Waals surface area contributed by atoms with E-state index < -0.39 is 0 Å². The average molecular weight is 538 g/mol. The first-order chi connectivity index (χ1) is 14.2. The molecule has 1 heterocycles. The van der Waals surface area contributed by atoms with E-state index in [9.17, 15) is 0 Å². The van der Waals surface area contributed by atoms with Gasteiger partial charge < -0.3 is 15.2 Å². The highest BCUT2D eigenvalue weighted by atomic mass is 127. The summed E-state index contributed by atoms with van der Waals surface area (Å²) in [5, 5.41) is 7.51. The first-order valence-corrected chi connectivity index (χ1v) is 10.3. The second kappa shape index (κ2) is 12.6. The molecular formula is C23H29ClIN5. The molecule has 30 heavy (non-hydrogen) atoms. The van der Waals surface area contributed by atoms with Crippen molar-refractivity contribution in [2.45, 2.75) is 33.4 Å². The van der Waals surface area contributed by atoms with Crippen molar-refractivity contribution < 1.29 is 0 Å². The predicted molar refractivity (Wildman–Crippen MR) is 136 cm³/mol. The summed E-state index contributed by atoms with van der Waals surface area (Å²) in [6.07, 6.45) is 4.69. The maximum Gasteiger partial charge on any atom is 0.191 e. The molecule has 3 aromatic rings. The minimum Gasteiger partial charge on any atom is -0.357 e.